The van der Waals surface area contributed by atoms with E-state index in [4.69, 9.17) is 46.4 Å². The summed E-state index contributed by atoms with van der Waals surface area (Å²) in [6.45, 7) is 5.13. The molecular formula is C28H29Cl4N3O4S. The Kier molecular flexibility index (Phi) is 11.1. The molecular weight excluding hydrogens is 616 g/mol. The standard InChI is InChI=1S/C28H29Cl4N3O4S/c1-18(2)15-33-28(37)19(3)34(16-20-9-10-21(29)13-25(20)32)27(36)17-35(26-14-22(30)11-12-24(26)31)40(38,39)23-7-5-4-6-8-23/h4-14,18-19H,15-17H2,1-3H3,(H,33,37)/t19-/m0/s1. The number of hydrogen-bond acceptors (Lipinski definition) is 4. The monoisotopic (exact) mass is 643 g/mol. The summed E-state index contributed by atoms with van der Waals surface area (Å²) in [6.07, 6.45) is 0. The summed E-state index contributed by atoms with van der Waals surface area (Å²) in [5, 5.41) is 3.84. The molecule has 0 aliphatic carbocycles. The number of halogens is 4. The number of hydrogen-bond donors (Lipinski definition) is 1. The molecule has 7 nitrogen and oxygen atoms in total. The predicted molar refractivity (Wildman–Crippen MR) is 162 cm³/mol. The van der Waals surface area contributed by atoms with Gasteiger partial charge in [0.2, 0.25) is 11.8 Å². The van der Waals surface area contributed by atoms with Crippen LogP contribution in [0.4, 0.5) is 5.69 Å². The molecule has 3 aromatic carbocycles. The third-order valence-corrected chi connectivity index (χ3v) is 8.91. The molecule has 2 amide bonds. The second kappa shape index (κ2) is 13.9. The average Bonchev–Trinajstić information content (AvgIpc) is 2.91. The molecule has 12 heteroatoms. The molecule has 0 saturated heterocycles. The number of carbonyl (C=O) groups excluding carboxylic acids is 2. The van der Waals surface area contributed by atoms with Crippen LogP contribution >= 0.6 is 46.4 Å². The molecule has 1 N–H and O–H groups in total. The molecule has 0 radical (unpaired) electrons. The maximum atomic E-state index is 14.0. The fourth-order valence-corrected chi connectivity index (χ4v) is 6.13. The highest BCUT2D eigenvalue weighted by molar-refractivity contribution is 7.92. The van der Waals surface area contributed by atoms with Crippen LogP contribution in [0.5, 0.6) is 0 Å². The van der Waals surface area contributed by atoms with Gasteiger partial charge in [0.15, 0.2) is 0 Å². The minimum atomic E-state index is -4.28. The smallest absolute Gasteiger partial charge is 0.264 e. The van der Waals surface area contributed by atoms with E-state index < -0.39 is 34.4 Å². The first-order valence-corrected chi connectivity index (χ1v) is 15.3. The Labute approximate surface area is 255 Å². The zero-order valence-electron chi connectivity index (χ0n) is 22.1. The van der Waals surface area contributed by atoms with Gasteiger partial charge < -0.3 is 10.2 Å². The van der Waals surface area contributed by atoms with Crippen LogP contribution in [0.2, 0.25) is 20.1 Å². The van der Waals surface area contributed by atoms with Gasteiger partial charge in [-0.25, -0.2) is 8.42 Å². The lowest BCUT2D eigenvalue weighted by atomic mass is 10.1. The number of carbonyl (C=O) groups is 2. The van der Waals surface area contributed by atoms with Crippen LogP contribution in [0, 0.1) is 5.92 Å². The van der Waals surface area contributed by atoms with Gasteiger partial charge in [0.25, 0.3) is 10.0 Å². The number of benzene rings is 3. The quantitative estimate of drug-likeness (QED) is 0.252. The number of nitrogens with zero attached hydrogens (tertiary/aromatic N) is 2. The first-order valence-electron chi connectivity index (χ1n) is 12.3. The maximum Gasteiger partial charge on any atom is 0.264 e. The van der Waals surface area contributed by atoms with Crippen molar-refractivity contribution in [1.82, 2.24) is 10.2 Å². The molecule has 40 heavy (non-hydrogen) atoms. The minimum Gasteiger partial charge on any atom is -0.354 e. The van der Waals surface area contributed by atoms with E-state index in [1.54, 1.807) is 37.3 Å². The van der Waals surface area contributed by atoms with E-state index >= 15 is 0 Å². The Morgan fingerprint density at radius 3 is 2.10 bits per heavy atom. The molecule has 214 valence electrons. The van der Waals surface area contributed by atoms with E-state index in [1.807, 2.05) is 13.8 Å². The number of rotatable bonds is 11. The van der Waals surface area contributed by atoms with Crippen LogP contribution < -0.4 is 9.62 Å². The number of amides is 2. The van der Waals surface area contributed by atoms with Gasteiger partial charge in [0.1, 0.15) is 12.6 Å². The van der Waals surface area contributed by atoms with Gasteiger partial charge in [-0.15, -0.1) is 0 Å². The van der Waals surface area contributed by atoms with Gasteiger partial charge in [0, 0.05) is 28.2 Å². The van der Waals surface area contributed by atoms with E-state index in [0.29, 0.717) is 22.2 Å². The van der Waals surface area contributed by atoms with Gasteiger partial charge in [-0.2, -0.15) is 0 Å². The second-order valence-electron chi connectivity index (χ2n) is 9.49. The summed E-state index contributed by atoms with van der Waals surface area (Å²) in [7, 11) is -4.28. The molecule has 0 spiro atoms. The van der Waals surface area contributed by atoms with Crippen molar-refractivity contribution in [1.29, 1.82) is 0 Å². The second-order valence-corrected chi connectivity index (χ2v) is 13.0. The van der Waals surface area contributed by atoms with Crippen molar-refractivity contribution in [2.75, 3.05) is 17.4 Å². The van der Waals surface area contributed by atoms with Crippen LogP contribution in [-0.4, -0.2) is 44.3 Å². The van der Waals surface area contributed by atoms with Crippen LogP contribution in [0.3, 0.4) is 0 Å². The van der Waals surface area contributed by atoms with Crippen LogP contribution in [0.25, 0.3) is 0 Å². The molecule has 0 heterocycles. The summed E-state index contributed by atoms with van der Waals surface area (Å²) >= 11 is 25.0. The van der Waals surface area contributed by atoms with Crippen molar-refractivity contribution >= 4 is 73.9 Å². The van der Waals surface area contributed by atoms with E-state index in [1.165, 1.54) is 41.3 Å². The Bertz CT molecular complexity index is 1470. The summed E-state index contributed by atoms with van der Waals surface area (Å²) in [5.41, 5.74) is 0.550. The highest BCUT2D eigenvalue weighted by Crippen LogP contribution is 2.33. The zero-order valence-corrected chi connectivity index (χ0v) is 25.9. The predicted octanol–water partition coefficient (Wildman–Crippen LogP) is 6.69. The molecule has 0 saturated carbocycles. The largest absolute Gasteiger partial charge is 0.354 e. The van der Waals surface area contributed by atoms with Crippen molar-refractivity contribution in [2.45, 2.75) is 38.3 Å². The van der Waals surface area contributed by atoms with Gasteiger partial charge in [0.05, 0.1) is 15.6 Å². The zero-order chi connectivity index (χ0) is 29.6. The lowest BCUT2D eigenvalue weighted by Crippen LogP contribution is -2.51. The van der Waals surface area contributed by atoms with Crippen molar-refractivity contribution in [3.05, 3.63) is 92.4 Å². The van der Waals surface area contributed by atoms with Crippen molar-refractivity contribution in [3.63, 3.8) is 0 Å². The number of anilines is 1. The Morgan fingerprint density at radius 2 is 1.48 bits per heavy atom. The maximum absolute atomic E-state index is 14.0. The molecule has 0 aliphatic heterocycles. The van der Waals surface area contributed by atoms with Gasteiger partial charge in [-0.05, 0) is 60.9 Å². The third kappa shape index (κ3) is 8.04. The number of nitrogens with one attached hydrogen (secondary N) is 1. The summed E-state index contributed by atoms with van der Waals surface area (Å²) in [5.74, 6) is -0.873. The SMILES string of the molecule is CC(C)CNC(=O)[C@H](C)N(Cc1ccc(Cl)cc1Cl)C(=O)CN(c1cc(Cl)ccc1Cl)S(=O)(=O)c1ccccc1. The Morgan fingerprint density at radius 1 is 0.850 bits per heavy atom. The lowest BCUT2D eigenvalue weighted by molar-refractivity contribution is -0.139. The van der Waals surface area contributed by atoms with Crippen LogP contribution in [0.15, 0.2) is 71.6 Å². The van der Waals surface area contributed by atoms with E-state index in [2.05, 4.69) is 5.32 Å². The third-order valence-electron chi connectivity index (χ3n) is 5.99. The van der Waals surface area contributed by atoms with E-state index in [9.17, 15) is 18.0 Å². The van der Waals surface area contributed by atoms with E-state index in [0.717, 1.165) is 4.31 Å². The Balaban J connectivity index is 2.06. The molecule has 3 rings (SSSR count). The van der Waals surface area contributed by atoms with Crippen molar-refractivity contribution in [2.24, 2.45) is 5.92 Å². The normalized spacial score (nSPS) is 12.2. The van der Waals surface area contributed by atoms with Crippen LogP contribution in [-0.2, 0) is 26.2 Å². The Hall–Kier alpha value is -2.49. The van der Waals surface area contributed by atoms with Gasteiger partial charge in [-0.1, -0.05) is 84.5 Å². The molecule has 0 aromatic heterocycles. The van der Waals surface area contributed by atoms with Crippen molar-refractivity contribution < 1.29 is 18.0 Å². The topological polar surface area (TPSA) is 86.8 Å². The lowest BCUT2D eigenvalue weighted by Gasteiger charge is -2.32. The van der Waals surface area contributed by atoms with Crippen LogP contribution in [0.1, 0.15) is 26.3 Å². The van der Waals surface area contributed by atoms with Gasteiger partial charge in [-0.3, -0.25) is 13.9 Å². The minimum absolute atomic E-state index is 0.0211. The average molecular weight is 645 g/mol. The molecule has 0 unspecified atom stereocenters. The van der Waals surface area contributed by atoms with Crippen molar-refractivity contribution in [3.8, 4) is 0 Å². The molecule has 0 aliphatic rings. The number of sulfonamides is 1. The molecule has 3 aromatic rings. The highest BCUT2D eigenvalue weighted by atomic mass is 35.5. The molecule has 0 bridgehead atoms. The highest BCUT2D eigenvalue weighted by Gasteiger charge is 2.33. The van der Waals surface area contributed by atoms with Gasteiger partial charge >= 0.3 is 0 Å². The first kappa shape index (κ1) is 32.0. The molecule has 1 atom stereocenters. The first-order chi connectivity index (χ1) is 18.8. The summed E-state index contributed by atoms with van der Waals surface area (Å²) < 4.78 is 28.5. The fraction of sp³-hybridized carbons (Fsp3) is 0.286. The summed E-state index contributed by atoms with van der Waals surface area (Å²) in [6, 6.07) is 15.8. The summed E-state index contributed by atoms with van der Waals surface area (Å²) in [4.78, 5) is 28.3. The fourth-order valence-electron chi connectivity index (χ4n) is 3.78. The van der Waals surface area contributed by atoms with E-state index in [-0.39, 0.29) is 33.1 Å². The molecule has 0 fully saturated rings.